The largest absolute Gasteiger partial charge is 0.410 e. The van der Waals surface area contributed by atoms with Crippen molar-refractivity contribution in [3.8, 4) is 0 Å². The lowest BCUT2D eigenvalue weighted by molar-refractivity contribution is -0.105. The highest BCUT2D eigenvalue weighted by molar-refractivity contribution is 6.74. The fourth-order valence-electron chi connectivity index (χ4n) is 2.34. The maximum absolute atomic E-state index is 11.3. The second kappa shape index (κ2) is 5.98. The van der Waals surface area contributed by atoms with Crippen LogP contribution in [0.5, 0.6) is 0 Å². The smallest absolute Gasteiger partial charge is 0.192 e. The molecule has 0 N–H and O–H groups in total. The lowest BCUT2D eigenvalue weighted by Crippen LogP contribution is -2.45. The topological polar surface area (TPSA) is 26.3 Å². The van der Waals surface area contributed by atoms with E-state index in [1.54, 1.807) is 0 Å². The Morgan fingerprint density at radius 2 is 1.95 bits per heavy atom. The third-order valence-corrected chi connectivity index (χ3v) is 9.52. The maximum Gasteiger partial charge on any atom is 0.192 e. The van der Waals surface area contributed by atoms with E-state index in [1.165, 1.54) is 0 Å². The summed E-state index contributed by atoms with van der Waals surface area (Å²) in [5.74, 6) is 0.369. The first kappa shape index (κ1) is 17.4. The molecule has 0 radical (unpaired) electrons. The Kier molecular flexibility index (Phi) is 5.20. The molecule has 114 valence electrons. The van der Waals surface area contributed by atoms with E-state index in [1.807, 2.05) is 0 Å². The SMILES string of the molecule is C=C(C)[C@H]1CC(C=O)=C(C)[C@@H](O[Si](C)(C)C(C)(C)C)C1. The van der Waals surface area contributed by atoms with Crippen LogP contribution in [0.25, 0.3) is 0 Å². The summed E-state index contributed by atoms with van der Waals surface area (Å²) in [6.45, 7) is 19.5. The van der Waals surface area contributed by atoms with Gasteiger partial charge in [0.2, 0.25) is 0 Å². The van der Waals surface area contributed by atoms with E-state index >= 15 is 0 Å². The van der Waals surface area contributed by atoms with Gasteiger partial charge in [0, 0.05) is 0 Å². The van der Waals surface area contributed by atoms with Crippen LogP contribution in [0.3, 0.4) is 0 Å². The first-order valence-electron chi connectivity index (χ1n) is 7.47. The number of allylic oxidation sites excluding steroid dienone is 2. The molecule has 0 heterocycles. The molecule has 0 unspecified atom stereocenters. The number of carbonyl (C=O) groups excluding carboxylic acids is 1. The third kappa shape index (κ3) is 3.70. The summed E-state index contributed by atoms with van der Waals surface area (Å²) >= 11 is 0. The lowest BCUT2D eigenvalue weighted by Gasteiger charge is -2.42. The average Bonchev–Trinajstić information content (AvgIpc) is 2.29. The Balaban J connectivity index is 3.03. The Bertz CT molecular complexity index is 427. The van der Waals surface area contributed by atoms with Crippen LogP contribution in [-0.4, -0.2) is 20.7 Å². The van der Waals surface area contributed by atoms with E-state index in [2.05, 4.69) is 54.3 Å². The molecule has 0 bridgehead atoms. The van der Waals surface area contributed by atoms with E-state index < -0.39 is 8.32 Å². The van der Waals surface area contributed by atoms with Crippen molar-refractivity contribution in [3.05, 3.63) is 23.3 Å². The molecule has 0 aromatic rings. The zero-order valence-corrected chi connectivity index (χ0v) is 15.2. The number of aldehydes is 1. The van der Waals surface area contributed by atoms with Gasteiger partial charge in [0.05, 0.1) is 6.10 Å². The molecular weight excluding hydrogens is 264 g/mol. The van der Waals surface area contributed by atoms with Crippen LogP contribution >= 0.6 is 0 Å². The molecule has 2 nitrogen and oxygen atoms in total. The molecular formula is C17H30O2Si. The summed E-state index contributed by atoms with van der Waals surface area (Å²) in [7, 11) is -1.82. The minimum atomic E-state index is -1.82. The molecule has 0 aliphatic heterocycles. The van der Waals surface area contributed by atoms with Crippen LogP contribution in [-0.2, 0) is 9.22 Å². The van der Waals surface area contributed by atoms with Crippen LogP contribution < -0.4 is 0 Å². The lowest BCUT2D eigenvalue weighted by atomic mass is 9.80. The van der Waals surface area contributed by atoms with Crippen molar-refractivity contribution in [2.45, 2.75) is 71.7 Å². The molecule has 0 amide bonds. The second-order valence-electron chi connectivity index (χ2n) is 7.68. The van der Waals surface area contributed by atoms with Crippen molar-refractivity contribution < 1.29 is 9.22 Å². The molecule has 0 saturated carbocycles. The molecule has 0 saturated heterocycles. The van der Waals surface area contributed by atoms with Crippen LogP contribution in [0.15, 0.2) is 23.3 Å². The van der Waals surface area contributed by atoms with E-state index in [-0.39, 0.29) is 11.1 Å². The predicted octanol–water partition coefficient (Wildman–Crippen LogP) is 4.88. The van der Waals surface area contributed by atoms with Gasteiger partial charge in [-0.3, -0.25) is 4.79 Å². The number of hydrogen-bond acceptors (Lipinski definition) is 2. The quantitative estimate of drug-likeness (QED) is 0.420. The van der Waals surface area contributed by atoms with Gasteiger partial charge in [-0.1, -0.05) is 32.9 Å². The van der Waals surface area contributed by atoms with Gasteiger partial charge in [-0.15, -0.1) is 0 Å². The average molecular weight is 295 g/mol. The van der Waals surface area contributed by atoms with Crippen molar-refractivity contribution in [1.82, 2.24) is 0 Å². The zero-order chi connectivity index (χ0) is 15.7. The summed E-state index contributed by atoms with van der Waals surface area (Å²) in [5, 5.41) is 0.185. The zero-order valence-electron chi connectivity index (χ0n) is 14.2. The first-order chi connectivity index (χ1) is 8.99. The standard InChI is InChI=1S/C17H30O2Si/c1-12(2)14-9-15(11-18)13(3)16(10-14)19-20(7,8)17(4,5)6/h11,14,16H,1,9-10H2,2-8H3/t14-,16-/m0/s1. The van der Waals surface area contributed by atoms with Crippen molar-refractivity contribution in [2.24, 2.45) is 5.92 Å². The van der Waals surface area contributed by atoms with Crippen molar-refractivity contribution >= 4 is 14.6 Å². The Morgan fingerprint density at radius 1 is 1.40 bits per heavy atom. The Hall–Kier alpha value is -0.673. The predicted molar refractivity (Wildman–Crippen MR) is 88.4 cm³/mol. The Labute approximate surface area is 125 Å². The molecule has 0 aromatic heterocycles. The summed E-state index contributed by atoms with van der Waals surface area (Å²) in [5.41, 5.74) is 3.19. The number of rotatable bonds is 4. The molecule has 0 spiro atoms. The van der Waals surface area contributed by atoms with Gasteiger partial charge >= 0.3 is 0 Å². The minimum Gasteiger partial charge on any atom is -0.410 e. The van der Waals surface area contributed by atoms with E-state index in [0.717, 1.165) is 35.8 Å². The molecule has 0 aromatic carbocycles. The van der Waals surface area contributed by atoms with Gasteiger partial charge in [0.15, 0.2) is 8.32 Å². The minimum absolute atomic E-state index is 0.0755. The summed E-state index contributed by atoms with van der Waals surface area (Å²) in [6.07, 6.45) is 2.87. The van der Waals surface area contributed by atoms with Gasteiger partial charge in [-0.2, -0.15) is 0 Å². The maximum atomic E-state index is 11.3. The highest BCUT2D eigenvalue weighted by Crippen LogP contribution is 2.41. The van der Waals surface area contributed by atoms with Crippen LogP contribution in [0.4, 0.5) is 0 Å². The second-order valence-corrected chi connectivity index (χ2v) is 12.4. The number of carbonyl (C=O) groups is 1. The van der Waals surface area contributed by atoms with Crippen LogP contribution in [0.2, 0.25) is 18.1 Å². The molecule has 1 rings (SSSR count). The fraction of sp³-hybridized carbons (Fsp3) is 0.706. The molecule has 0 fully saturated rings. The molecule has 1 aliphatic rings. The molecule has 20 heavy (non-hydrogen) atoms. The molecule has 2 atom stereocenters. The van der Waals surface area contributed by atoms with E-state index in [9.17, 15) is 4.79 Å². The Morgan fingerprint density at radius 3 is 2.35 bits per heavy atom. The monoisotopic (exact) mass is 294 g/mol. The molecule has 1 aliphatic carbocycles. The van der Waals surface area contributed by atoms with Crippen molar-refractivity contribution in [1.29, 1.82) is 0 Å². The van der Waals surface area contributed by atoms with Crippen molar-refractivity contribution in [3.63, 3.8) is 0 Å². The van der Waals surface area contributed by atoms with E-state index in [4.69, 9.17) is 4.43 Å². The van der Waals surface area contributed by atoms with Gasteiger partial charge in [0.25, 0.3) is 0 Å². The first-order valence-corrected chi connectivity index (χ1v) is 10.4. The normalized spacial score (nSPS) is 24.8. The van der Waals surface area contributed by atoms with Gasteiger partial charge < -0.3 is 4.43 Å². The highest BCUT2D eigenvalue weighted by Gasteiger charge is 2.41. The van der Waals surface area contributed by atoms with Crippen LogP contribution in [0, 0.1) is 5.92 Å². The summed E-state index contributed by atoms with van der Waals surface area (Å²) in [4.78, 5) is 11.3. The molecule has 3 heteroatoms. The van der Waals surface area contributed by atoms with Gasteiger partial charge in [-0.05, 0) is 61.9 Å². The summed E-state index contributed by atoms with van der Waals surface area (Å²) in [6, 6.07) is 0. The highest BCUT2D eigenvalue weighted by atomic mass is 28.4. The van der Waals surface area contributed by atoms with E-state index in [0.29, 0.717) is 5.92 Å². The fourth-order valence-corrected chi connectivity index (χ4v) is 3.67. The summed E-state index contributed by atoms with van der Waals surface area (Å²) < 4.78 is 6.55. The van der Waals surface area contributed by atoms with Gasteiger partial charge in [-0.25, -0.2) is 0 Å². The van der Waals surface area contributed by atoms with Crippen LogP contribution in [0.1, 0.15) is 47.5 Å². The number of hydrogen-bond donors (Lipinski definition) is 0. The third-order valence-electron chi connectivity index (χ3n) is 5.04. The van der Waals surface area contributed by atoms with Gasteiger partial charge in [0.1, 0.15) is 6.29 Å². The van der Waals surface area contributed by atoms with Crippen molar-refractivity contribution in [2.75, 3.05) is 0 Å².